The number of anilines is 1. The normalized spacial score (nSPS) is 12.6. The summed E-state index contributed by atoms with van der Waals surface area (Å²) < 4.78 is 24.1. The predicted octanol–water partition coefficient (Wildman–Crippen LogP) is 2.69. The van der Waals surface area contributed by atoms with E-state index in [9.17, 15) is 13.2 Å². The zero-order chi connectivity index (χ0) is 18.6. The maximum atomic E-state index is 12.1. The van der Waals surface area contributed by atoms with Gasteiger partial charge in [0.25, 0.3) is 0 Å². The lowest BCUT2D eigenvalue weighted by atomic mass is 10.1. The van der Waals surface area contributed by atoms with Crippen molar-refractivity contribution in [3.05, 3.63) is 58.1 Å². The van der Waals surface area contributed by atoms with Crippen molar-refractivity contribution in [3.63, 3.8) is 0 Å². The van der Waals surface area contributed by atoms with Gasteiger partial charge in [0.1, 0.15) is 0 Å². The third-order valence-electron chi connectivity index (χ3n) is 3.72. The fourth-order valence-corrected chi connectivity index (χ4v) is 3.81. The lowest BCUT2D eigenvalue weighted by Crippen LogP contribution is -2.30. The highest BCUT2D eigenvalue weighted by atomic mass is 79.9. The third-order valence-corrected chi connectivity index (χ3v) is 5.49. The van der Waals surface area contributed by atoms with E-state index in [4.69, 9.17) is 5.14 Å². The molecule has 0 aromatic heterocycles. The number of amides is 1. The summed E-state index contributed by atoms with van der Waals surface area (Å²) in [6.45, 7) is 3.69. The van der Waals surface area contributed by atoms with E-state index in [0.29, 0.717) is 11.3 Å². The highest BCUT2D eigenvalue weighted by Gasteiger charge is 2.14. The molecule has 4 N–H and O–H groups in total. The van der Waals surface area contributed by atoms with Gasteiger partial charge in [-0.05, 0) is 43.2 Å². The van der Waals surface area contributed by atoms with E-state index in [2.05, 4.69) is 26.6 Å². The van der Waals surface area contributed by atoms with Crippen LogP contribution in [0.1, 0.15) is 24.1 Å². The Morgan fingerprint density at radius 3 is 2.56 bits per heavy atom. The molecule has 1 unspecified atom stereocenters. The van der Waals surface area contributed by atoms with Gasteiger partial charge >= 0.3 is 0 Å². The van der Waals surface area contributed by atoms with Crippen LogP contribution in [0.5, 0.6) is 0 Å². The molecular weight excluding hydrogens is 406 g/mol. The summed E-state index contributed by atoms with van der Waals surface area (Å²) in [6, 6.07) is 12.3. The van der Waals surface area contributed by atoms with Crippen LogP contribution >= 0.6 is 15.9 Å². The number of primary sulfonamides is 1. The molecule has 0 aliphatic carbocycles. The fourth-order valence-electron chi connectivity index (χ4n) is 2.37. The highest BCUT2D eigenvalue weighted by molar-refractivity contribution is 9.10. The van der Waals surface area contributed by atoms with Crippen LogP contribution in [-0.4, -0.2) is 20.9 Å². The summed E-state index contributed by atoms with van der Waals surface area (Å²) in [5, 5.41) is 11.0. The van der Waals surface area contributed by atoms with Crippen LogP contribution in [0.3, 0.4) is 0 Å². The number of aryl methyl sites for hydroxylation is 1. The van der Waals surface area contributed by atoms with Gasteiger partial charge in [-0.15, -0.1) is 0 Å². The van der Waals surface area contributed by atoms with Crippen molar-refractivity contribution in [1.82, 2.24) is 5.32 Å². The second-order valence-corrected chi connectivity index (χ2v) is 8.08. The van der Waals surface area contributed by atoms with Crippen molar-refractivity contribution in [1.29, 1.82) is 0 Å². The summed E-state index contributed by atoms with van der Waals surface area (Å²) in [6.07, 6.45) is 0. The lowest BCUT2D eigenvalue weighted by molar-refractivity contribution is -0.115. The molecule has 2 rings (SSSR count). The first-order chi connectivity index (χ1) is 11.7. The van der Waals surface area contributed by atoms with Gasteiger partial charge in [0.15, 0.2) is 0 Å². The Bertz CT molecular complexity index is 884. The molecule has 25 heavy (non-hydrogen) atoms. The number of sulfonamides is 1. The monoisotopic (exact) mass is 425 g/mol. The summed E-state index contributed by atoms with van der Waals surface area (Å²) in [5.74, 6) is -0.275. The van der Waals surface area contributed by atoms with Crippen LogP contribution in [0.2, 0.25) is 0 Å². The quantitative estimate of drug-likeness (QED) is 0.661. The third kappa shape index (κ3) is 5.37. The van der Waals surface area contributed by atoms with Gasteiger partial charge in [0.05, 0.1) is 11.4 Å². The van der Waals surface area contributed by atoms with Gasteiger partial charge in [-0.3, -0.25) is 4.79 Å². The summed E-state index contributed by atoms with van der Waals surface area (Å²) >= 11 is 3.48. The van der Waals surface area contributed by atoms with Crippen LogP contribution in [-0.2, 0) is 14.8 Å². The molecule has 134 valence electrons. The number of hydrogen-bond acceptors (Lipinski definition) is 4. The lowest BCUT2D eigenvalue weighted by Gasteiger charge is -2.16. The maximum Gasteiger partial charge on any atom is 0.238 e. The smallest absolute Gasteiger partial charge is 0.238 e. The summed E-state index contributed by atoms with van der Waals surface area (Å²) in [5.41, 5.74) is 1.96. The molecule has 2 aromatic rings. The molecule has 0 saturated carbocycles. The Balaban J connectivity index is 2.00. The summed E-state index contributed by atoms with van der Waals surface area (Å²) in [4.78, 5) is 12.1. The minimum absolute atomic E-state index is 0.000145. The molecule has 2 aromatic carbocycles. The van der Waals surface area contributed by atoms with Gasteiger partial charge in [0, 0.05) is 16.2 Å². The van der Waals surface area contributed by atoms with E-state index in [1.165, 1.54) is 6.07 Å². The van der Waals surface area contributed by atoms with Crippen molar-refractivity contribution in [2.75, 3.05) is 11.9 Å². The number of carbonyl (C=O) groups is 1. The molecule has 1 atom stereocenters. The van der Waals surface area contributed by atoms with Crippen LogP contribution in [0.15, 0.2) is 51.8 Å². The number of carbonyl (C=O) groups excluding carboxylic acids is 1. The molecular formula is C17H20BrN3O3S. The fraction of sp³-hybridized carbons (Fsp3) is 0.235. The minimum atomic E-state index is -3.83. The highest BCUT2D eigenvalue weighted by Crippen LogP contribution is 2.22. The zero-order valence-electron chi connectivity index (χ0n) is 13.9. The zero-order valence-corrected chi connectivity index (χ0v) is 16.3. The Morgan fingerprint density at radius 2 is 1.92 bits per heavy atom. The number of hydrogen-bond donors (Lipinski definition) is 3. The average Bonchev–Trinajstić information content (AvgIpc) is 2.54. The largest absolute Gasteiger partial charge is 0.325 e. The van der Waals surface area contributed by atoms with Gasteiger partial charge in [-0.25, -0.2) is 13.6 Å². The van der Waals surface area contributed by atoms with Crippen molar-refractivity contribution < 1.29 is 13.2 Å². The Morgan fingerprint density at radius 1 is 1.24 bits per heavy atom. The van der Waals surface area contributed by atoms with Crippen LogP contribution in [0, 0.1) is 6.92 Å². The molecule has 0 heterocycles. The van der Waals surface area contributed by atoms with E-state index in [0.717, 1.165) is 10.0 Å². The Kier molecular flexibility index (Phi) is 6.34. The van der Waals surface area contributed by atoms with Crippen LogP contribution in [0.4, 0.5) is 5.69 Å². The van der Waals surface area contributed by atoms with E-state index in [-0.39, 0.29) is 23.4 Å². The first-order valence-corrected chi connectivity index (χ1v) is 9.93. The van der Waals surface area contributed by atoms with Crippen LogP contribution in [0.25, 0.3) is 0 Å². The number of rotatable bonds is 6. The van der Waals surface area contributed by atoms with Gasteiger partial charge in [0.2, 0.25) is 15.9 Å². The second-order valence-electron chi connectivity index (χ2n) is 5.70. The van der Waals surface area contributed by atoms with E-state index in [1.807, 2.05) is 31.2 Å². The molecule has 6 nitrogen and oxygen atoms in total. The SMILES string of the molecule is Cc1ccc(NC(=O)CNC(C)c2ccccc2Br)cc1S(N)(=O)=O. The van der Waals surface area contributed by atoms with Crippen molar-refractivity contribution >= 4 is 37.5 Å². The van der Waals surface area contributed by atoms with Crippen molar-refractivity contribution in [2.45, 2.75) is 24.8 Å². The van der Waals surface area contributed by atoms with E-state index < -0.39 is 10.0 Å². The number of halogens is 1. The number of benzene rings is 2. The van der Waals surface area contributed by atoms with Crippen molar-refractivity contribution in [2.24, 2.45) is 5.14 Å². The molecule has 8 heteroatoms. The number of nitrogens with two attached hydrogens (primary N) is 1. The van der Waals surface area contributed by atoms with E-state index >= 15 is 0 Å². The predicted molar refractivity (Wildman–Crippen MR) is 102 cm³/mol. The van der Waals surface area contributed by atoms with Crippen molar-refractivity contribution in [3.8, 4) is 0 Å². The first-order valence-electron chi connectivity index (χ1n) is 7.59. The standard InChI is InChI=1S/C17H20BrN3O3S/c1-11-7-8-13(9-16(11)25(19,23)24)21-17(22)10-20-12(2)14-5-3-4-6-15(14)18/h3-9,12,20H,10H2,1-2H3,(H,21,22)(H2,19,23,24). The average molecular weight is 426 g/mol. The Labute approximate surface area is 156 Å². The van der Waals surface area contributed by atoms with Gasteiger partial charge in [-0.2, -0.15) is 0 Å². The molecule has 0 radical (unpaired) electrons. The molecule has 0 fully saturated rings. The molecule has 0 aliphatic heterocycles. The maximum absolute atomic E-state index is 12.1. The molecule has 0 saturated heterocycles. The molecule has 1 amide bonds. The molecule has 0 spiro atoms. The van der Waals surface area contributed by atoms with E-state index in [1.54, 1.807) is 19.1 Å². The van der Waals surface area contributed by atoms with Gasteiger partial charge in [-0.1, -0.05) is 40.2 Å². The van der Waals surface area contributed by atoms with Crippen LogP contribution < -0.4 is 15.8 Å². The van der Waals surface area contributed by atoms with Gasteiger partial charge < -0.3 is 10.6 Å². The minimum Gasteiger partial charge on any atom is -0.325 e. The summed E-state index contributed by atoms with van der Waals surface area (Å²) in [7, 11) is -3.83. The molecule has 0 bridgehead atoms. The first kappa shape index (κ1) is 19.6. The number of nitrogens with one attached hydrogen (secondary N) is 2. The topological polar surface area (TPSA) is 101 Å². The Hall–Kier alpha value is -1.74. The molecule has 0 aliphatic rings. The second kappa shape index (κ2) is 8.09.